The summed E-state index contributed by atoms with van der Waals surface area (Å²) in [6.45, 7) is 1.58. The standard InChI is InChI=1S/C15H23N3O3S.ClH/c1-2-22(20,21)18-14-8-6-13(7-9-14)17-15(19)11-4-3-5-12(16)10-11;/h6-9,11-12,18H,2-5,10,16H2,1H3,(H,17,19);1H. The first-order valence-corrected chi connectivity index (χ1v) is 9.22. The fourth-order valence-electron chi connectivity index (χ4n) is 2.58. The molecular formula is C15H24ClN3O3S. The number of nitrogens with one attached hydrogen (secondary N) is 2. The van der Waals surface area contributed by atoms with E-state index in [1.165, 1.54) is 0 Å². The van der Waals surface area contributed by atoms with Gasteiger partial charge in [-0.1, -0.05) is 6.42 Å². The number of anilines is 2. The van der Waals surface area contributed by atoms with Crippen LogP contribution in [0.3, 0.4) is 0 Å². The Kier molecular flexibility index (Phi) is 7.31. The van der Waals surface area contributed by atoms with Gasteiger partial charge in [0, 0.05) is 23.3 Å². The summed E-state index contributed by atoms with van der Waals surface area (Å²) in [6.07, 6.45) is 3.56. The molecular weight excluding hydrogens is 338 g/mol. The van der Waals surface area contributed by atoms with Gasteiger partial charge in [0.2, 0.25) is 15.9 Å². The first-order valence-electron chi connectivity index (χ1n) is 7.56. The van der Waals surface area contributed by atoms with Gasteiger partial charge in [-0.2, -0.15) is 0 Å². The van der Waals surface area contributed by atoms with Crippen molar-refractivity contribution in [3.8, 4) is 0 Å². The summed E-state index contributed by atoms with van der Waals surface area (Å²) in [4.78, 5) is 12.2. The van der Waals surface area contributed by atoms with Crippen LogP contribution in [0.1, 0.15) is 32.6 Å². The van der Waals surface area contributed by atoms with E-state index in [4.69, 9.17) is 5.73 Å². The van der Waals surface area contributed by atoms with E-state index in [0.717, 1.165) is 25.7 Å². The molecule has 6 nitrogen and oxygen atoms in total. The van der Waals surface area contributed by atoms with Gasteiger partial charge in [-0.3, -0.25) is 9.52 Å². The van der Waals surface area contributed by atoms with Crippen molar-refractivity contribution in [2.24, 2.45) is 11.7 Å². The van der Waals surface area contributed by atoms with Crippen molar-refractivity contribution in [1.82, 2.24) is 0 Å². The van der Waals surface area contributed by atoms with Crippen LogP contribution >= 0.6 is 12.4 Å². The normalized spacial score (nSPS) is 21.1. The van der Waals surface area contributed by atoms with Crippen LogP contribution in [0.4, 0.5) is 11.4 Å². The zero-order chi connectivity index (χ0) is 16.2. The second-order valence-electron chi connectivity index (χ2n) is 5.70. The molecule has 2 rings (SSSR count). The van der Waals surface area contributed by atoms with Crippen LogP contribution in [0, 0.1) is 5.92 Å². The number of rotatable bonds is 5. The van der Waals surface area contributed by atoms with Gasteiger partial charge in [0.1, 0.15) is 0 Å². The van der Waals surface area contributed by atoms with E-state index < -0.39 is 10.0 Å². The molecule has 1 aliphatic carbocycles. The van der Waals surface area contributed by atoms with Gasteiger partial charge in [-0.05, 0) is 50.5 Å². The van der Waals surface area contributed by atoms with Crippen LogP contribution in [0.2, 0.25) is 0 Å². The fraction of sp³-hybridized carbons (Fsp3) is 0.533. The lowest BCUT2D eigenvalue weighted by molar-refractivity contribution is -0.120. The smallest absolute Gasteiger partial charge is 0.232 e. The maximum atomic E-state index is 12.2. The van der Waals surface area contributed by atoms with Crippen molar-refractivity contribution in [2.75, 3.05) is 15.8 Å². The Morgan fingerprint density at radius 1 is 1.22 bits per heavy atom. The number of hydrogen-bond donors (Lipinski definition) is 3. The first kappa shape index (κ1) is 19.7. The summed E-state index contributed by atoms with van der Waals surface area (Å²) in [5.74, 6) is -0.0352. The summed E-state index contributed by atoms with van der Waals surface area (Å²) >= 11 is 0. The monoisotopic (exact) mass is 361 g/mol. The molecule has 4 N–H and O–H groups in total. The van der Waals surface area contributed by atoms with Crippen molar-refractivity contribution in [3.05, 3.63) is 24.3 Å². The van der Waals surface area contributed by atoms with E-state index in [1.807, 2.05) is 0 Å². The predicted octanol–water partition coefficient (Wildman–Crippen LogP) is 2.33. The largest absolute Gasteiger partial charge is 0.328 e. The van der Waals surface area contributed by atoms with Crippen LogP contribution in [0.15, 0.2) is 24.3 Å². The Morgan fingerprint density at radius 3 is 2.39 bits per heavy atom. The number of amides is 1. The van der Waals surface area contributed by atoms with Crippen molar-refractivity contribution in [1.29, 1.82) is 0 Å². The van der Waals surface area contributed by atoms with Gasteiger partial charge in [0.05, 0.1) is 5.75 Å². The molecule has 0 bridgehead atoms. The van der Waals surface area contributed by atoms with E-state index in [2.05, 4.69) is 10.0 Å². The Bertz CT molecular complexity index is 619. The summed E-state index contributed by atoms with van der Waals surface area (Å²) in [7, 11) is -3.28. The number of nitrogens with two attached hydrogens (primary N) is 1. The molecule has 0 saturated heterocycles. The third kappa shape index (κ3) is 6.01. The minimum absolute atomic E-state index is 0. The number of carbonyl (C=O) groups is 1. The van der Waals surface area contributed by atoms with Crippen LogP contribution in [0.5, 0.6) is 0 Å². The Morgan fingerprint density at radius 2 is 1.83 bits per heavy atom. The molecule has 23 heavy (non-hydrogen) atoms. The molecule has 2 unspecified atom stereocenters. The lowest BCUT2D eigenvalue weighted by Gasteiger charge is -2.25. The van der Waals surface area contributed by atoms with E-state index >= 15 is 0 Å². The van der Waals surface area contributed by atoms with Crippen LogP contribution in [-0.4, -0.2) is 26.1 Å². The number of hydrogen-bond acceptors (Lipinski definition) is 4. The van der Waals surface area contributed by atoms with Gasteiger partial charge in [0.15, 0.2) is 0 Å². The van der Waals surface area contributed by atoms with Gasteiger partial charge in [-0.15, -0.1) is 12.4 Å². The summed E-state index contributed by atoms with van der Waals surface area (Å²) in [5.41, 5.74) is 7.04. The van der Waals surface area contributed by atoms with Crippen LogP contribution in [-0.2, 0) is 14.8 Å². The number of carbonyl (C=O) groups excluding carboxylic acids is 1. The van der Waals surface area contributed by atoms with Gasteiger partial charge < -0.3 is 11.1 Å². The molecule has 2 atom stereocenters. The third-order valence-corrected chi connectivity index (χ3v) is 5.20. The van der Waals surface area contributed by atoms with E-state index in [-0.39, 0.29) is 36.0 Å². The summed E-state index contributed by atoms with van der Waals surface area (Å²) in [6, 6.07) is 6.75. The molecule has 1 fully saturated rings. The molecule has 0 heterocycles. The summed E-state index contributed by atoms with van der Waals surface area (Å²) < 4.78 is 25.4. The summed E-state index contributed by atoms with van der Waals surface area (Å²) in [5, 5.41) is 2.86. The Balaban J connectivity index is 0.00000264. The van der Waals surface area contributed by atoms with Crippen LogP contribution in [0.25, 0.3) is 0 Å². The lowest BCUT2D eigenvalue weighted by Crippen LogP contribution is -2.34. The highest BCUT2D eigenvalue weighted by Crippen LogP contribution is 2.25. The topological polar surface area (TPSA) is 101 Å². The van der Waals surface area contributed by atoms with E-state index in [0.29, 0.717) is 11.4 Å². The van der Waals surface area contributed by atoms with Gasteiger partial charge >= 0.3 is 0 Å². The van der Waals surface area contributed by atoms with Crippen LogP contribution < -0.4 is 15.8 Å². The third-order valence-electron chi connectivity index (χ3n) is 3.89. The zero-order valence-electron chi connectivity index (χ0n) is 13.1. The molecule has 1 aliphatic rings. The van der Waals surface area contributed by atoms with Crippen molar-refractivity contribution in [3.63, 3.8) is 0 Å². The van der Waals surface area contributed by atoms with Crippen molar-refractivity contribution in [2.45, 2.75) is 38.6 Å². The number of benzene rings is 1. The highest BCUT2D eigenvalue weighted by molar-refractivity contribution is 7.92. The maximum absolute atomic E-state index is 12.2. The molecule has 1 aromatic carbocycles. The number of sulfonamides is 1. The molecule has 1 amide bonds. The minimum atomic E-state index is -3.28. The molecule has 0 aromatic heterocycles. The van der Waals surface area contributed by atoms with E-state index in [1.54, 1.807) is 31.2 Å². The lowest BCUT2D eigenvalue weighted by atomic mass is 9.85. The zero-order valence-corrected chi connectivity index (χ0v) is 14.8. The highest BCUT2D eigenvalue weighted by Gasteiger charge is 2.25. The fourth-order valence-corrected chi connectivity index (χ4v) is 3.22. The number of halogens is 1. The predicted molar refractivity (Wildman–Crippen MR) is 95.3 cm³/mol. The molecule has 0 radical (unpaired) electrons. The highest BCUT2D eigenvalue weighted by atomic mass is 35.5. The van der Waals surface area contributed by atoms with E-state index in [9.17, 15) is 13.2 Å². The second kappa shape index (κ2) is 8.52. The molecule has 1 aromatic rings. The maximum Gasteiger partial charge on any atom is 0.232 e. The minimum Gasteiger partial charge on any atom is -0.328 e. The van der Waals surface area contributed by atoms with Crippen molar-refractivity contribution < 1.29 is 13.2 Å². The molecule has 8 heteroatoms. The average Bonchev–Trinajstić information content (AvgIpc) is 2.49. The molecule has 1 saturated carbocycles. The molecule has 0 spiro atoms. The van der Waals surface area contributed by atoms with Gasteiger partial charge in [-0.25, -0.2) is 8.42 Å². The second-order valence-corrected chi connectivity index (χ2v) is 7.71. The SMILES string of the molecule is CCS(=O)(=O)Nc1ccc(NC(=O)C2CCCC(N)C2)cc1.Cl. The molecule has 0 aliphatic heterocycles. The van der Waals surface area contributed by atoms with Gasteiger partial charge in [0.25, 0.3) is 0 Å². The molecule has 130 valence electrons. The average molecular weight is 362 g/mol. The Labute approximate surface area is 143 Å². The quantitative estimate of drug-likeness (QED) is 0.749. The van der Waals surface area contributed by atoms with Crippen molar-refractivity contribution >= 4 is 39.7 Å². The first-order chi connectivity index (χ1) is 10.4. The Hall–Kier alpha value is -1.31.